The van der Waals surface area contributed by atoms with Gasteiger partial charge in [0.25, 0.3) is 0 Å². The van der Waals surface area contributed by atoms with E-state index in [9.17, 15) is 0 Å². The Morgan fingerprint density at radius 1 is 1.14 bits per heavy atom. The van der Waals surface area contributed by atoms with E-state index in [2.05, 4.69) is 75.4 Å². The molecule has 0 aliphatic rings. The molecule has 1 aromatic carbocycles. The van der Waals surface area contributed by atoms with Crippen LogP contribution in [0.3, 0.4) is 0 Å². The Morgan fingerprint density at radius 3 is 2.62 bits per heavy atom. The number of hydrogen-bond donors (Lipinski definition) is 1. The first-order chi connectivity index (χ1) is 10.2. The van der Waals surface area contributed by atoms with Crippen molar-refractivity contribution < 1.29 is 0 Å². The van der Waals surface area contributed by atoms with E-state index >= 15 is 0 Å². The summed E-state index contributed by atoms with van der Waals surface area (Å²) in [5.41, 5.74) is 1.38. The second kappa shape index (κ2) is 8.13. The summed E-state index contributed by atoms with van der Waals surface area (Å²) in [6.45, 7) is 4.33. The lowest BCUT2D eigenvalue weighted by Crippen LogP contribution is -2.17. The van der Waals surface area contributed by atoms with Gasteiger partial charge in [0.1, 0.15) is 16.2 Å². The number of aryl methyl sites for hydroxylation is 2. The molecular weight excluding hydrogens is 326 g/mol. The standard InChI is InChI=1S/C17H22BrN3/c1-3-7-16-20-15(18)12-17(21-16)19-13(2)10-11-14-8-5-4-6-9-14/h4-6,8-9,12-13H,3,7,10-11H2,1-2H3,(H,19,20,21). The highest BCUT2D eigenvalue weighted by Gasteiger charge is 2.07. The van der Waals surface area contributed by atoms with E-state index in [1.807, 2.05) is 6.07 Å². The average molecular weight is 348 g/mol. The highest BCUT2D eigenvalue weighted by molar-refractivity contribution is 9.10. The van der Waals surface area contributed by atoms with Crippen LogP contribution in [0.4, 0.5) is 5.82 Å². The lowest BCUT2D eigenvalue weighted by molar-refractivity contribution is 0.700. The molecule has 0 bridgehead atoms. The van der Waals surface area contributed by atoms with E-state index in [0.29, 0.717) is 6.04 Å². The first-order valence-corrected chi connectivity index (χ1v) is 8.30. The van der Waals surface area contributed by atoms with Crippen LogP contribution in [0, 0.1) is 0 Å². The van der Waals surface area contributed by atoms with Gasteiger partial charge in [0, 0.05) is 18.5 Å². The third-order valence-electron chi connectivity index (χ3n) is 3.32. The lowest BCUT2D eigenvalue weighted by atomic mass is 10.1. The molecule has 3 nitrogen and oxygen atoms in total. The molecule has 0 aliphatic carbocycles. The molecule has 1 aromatic heterocycles. The van der Waals surface area contributed by atoms with Crippen molar-refractivity contribution in [3.8, 4) is 0 Å². The molecule has 1 unspecified atom stereocenters. The zero-order valence-electron chi connectivity index (χ0n) is 12.6. The van der Waals surface area contributed by atoms with Gasteiger partial charge in [-0.25, -0.2) is 9.97 Å². The molecular formula is C17H22BrN3. The van der Waals surface area contributed by atoms with Crippen LogP contribution in [-0.4, -0.2) is 16.0 Å². The normalized spacial score (nSPS) is 12.1. The van der Waals surface area contributed by atoms with E-state index in [1.54, 1.807) is 0 Å². The summed E-state index contributed by atoms with van der Waals surface area (Å²) in [4.78, 5) is 8.96. The molecule has 0 spiro atoms. The SMILES string of the molecule is CCCc1nc(Br)cc(NC(C)CCc2ccccc2)n1. The minimum atomic E-state index is 0.376. The molecule has 1 N–H and O–H groups in total. The number of nitrogens with zero attached hydrogens (tertiary/aromatic N) is 2. The Morgan fingerprint density at radius 2 is 1.90 bits per heavy atom. The van der Waals surface area contributed by atoms with E-state index < -0.39 is 0 Å². The van der Waals surface area contributed by atoms with Crippen molar-refractivity contribution >= 4 is 21.7 Å². The molecule has 21 heavy (non-hydrogen) atoms. The minimum absolute atomic E-state index is 0.376. The maximum absolute atomic E-state index is 4.57. The summed E-state index contributed by atoms with van der Waals surface area (Å²) in [5.74, 6) is 1.80. The Labute approximate surface area is 135 Å². The van der Waals surface area contributed by atoms with Gasteiger partial charge in [-0.3, -0.25) is 0 Å². The topological polar surface area (TPSA) is 37.8 Å². The number of hydrogen-bond acceptors (Lipinski definition) is 3. The van der Waals surface area contributed by atoms with Crippen molar-refractivity contribution in [2.24, 2.45) is 0 Å². The summed E-state index contributed by atoms with van der Waals surface area (Å²) in [7, 11) is 0. The minimum Gasteiger partial charge on any atom is -0.367 e. The number of rotatable bonds is 7. The van der Waals surface area contributed by atoms with E-state index in [-0.39, 0.29) is 0 Å². The van der Waals surface area contributed by atoms with E-state index in [4.69, 9.17) is 0 Å². The van der Waals surface area contributed by atoms with Crippen LogP contribution < -0.4 is 5.32 Å². The van der Waals surface area contributed by atoms with Gasteiger partial charge in [-0.15, -0.1) is 0 Å². The predicted octanol–water partition coefficient (Wildman–Crippen LogP) is 4.62. The van der Waals surface area contributed by atoms with Gasteiger partial charge >= 0.3 is 0 Å². The summed E-state index contributed by atoms with van der Waals surface area (Å²) < 4.78 is 0.846. The van der Waals surface area contributed by atoms with Crippen LogP contribution in [0.2, 0.25) is 0 Å². The fraction of sp³-hybridized carbons (Fsp3) is 0.412. The third-order valence-corrected chi connectivity index (χ3v) is 3.72. The quantitative estimate of drug-likeness (QED) is 0.742. The Hall–Kier alpha value is -1.42. The second-order valence-electron chi connectivity index (χ2n) is 5.31. The largest absolute Gasteiger partial charge is 0.367 e. The second-order valence-corrected chi connectivity index (χ2v) is 6.12. The van der Waals surface area contributed by atoms with Gasteiger partial charge in [-0.1, -0.05) is 37.3 Å². The molecule has 0 saturated heterocycles. The Balaban J connectivity index is 1.91. The fourth-order valence-corrected chi connectivity index (χ4v) is 2.65. The molecule has 2 aromatic rings. The molecule has 0 fully saturated rings. The summed E-state index contributed by atoms with van der Waals surface area (Å²) in [6.07, 6.45) is 4.11. The highest BCUT2D eigenvalue weighted by Crippen LogP contribution is 2.15. The molecule has 1 atom stereocenters. The number of nitrogens with one attached hydrogen (secondary N) is 1. The smallest absolute Gasteiger partial charge is 0.132 e. The predicted molar refractivity (Wildman–Crippen MR) is 91.6 cm³/mol. The van der Waals surface area contributed by atoms with Gasteiger partial charge in [0.05, 0.1) is 0 Å². The number of halogens is 1. The number of aromatic nitrogens is 2. The molecule has 4 heteroatoms. The maximum atomic E-state index is 4.57. The van der Waals surface area contributed by atoms with Crippen molar-refractivity contribution in [3.05, 3.63) is 52.4 Å². The molecule has 1 heterocycles. The summed E-state index contributed by atoms with van der Waals surface area (Å²) >= 11 is 3.46. The lowest BCUT2D eigenvalue weighted by Gasteiger charge is -2.15. The summed E-state index contributed by atoms with van der Waals surface area (Å²) in [5, 5.41) is 3.47. The Bertz CT molecular complexity index is 557. The van der Waals surface area contributed by atoms with Crippen LogP contribution >= 0.6 is 15.9 Å². The monoisotopic (exact) mass is 347 g/mol. The van der Waals surface area contributed by atoms with Crippen molar-refractivity contribution in [2.45, 2.75) is 45.6 Å². The number of anilines is 1. The molecule has 112 valence electrons. The van der Waals surface area contributed by atoms with Crippen LogP contribution in [0.5, 0.6) is 0 Å². The van der Waals surface area contributed by atoms with Crippen LogP contribution in [0.25, 0.3) is 0 Å². The zero-order chi connectivity index (χ0) is 15.1. The van der Waals surface area contributed by atoms with Gasteiger partial charge < -0.3 is 5.32 Å². The molecule has 0 amide bonds. The van der Waals surface area contributed by atoms with Crippen molar-refractivity contribution in [2.75, 3.05) is 5.32 Å². The van der Waals surface area contributed by atoms with Crippen molar-refractivity contribution in [3.63, 3.8) is 0 Å². The van der Waals surface area contributed by atoms with Crippen LogP contribution in [0.1, 0.15) is 38.1 Å². The summed E-state index contributed by atoms with van der Waals surface area (Å²) in [6, 6.07) is 12.9. The van der Waals surface area contributed by atoms with Crippen LogP contribution in [-0.2, 0) is 12.8 Å². The molecule has 0 saturated carbocycles. The number of benzene rings is 1. The Kier molecular flexibility index (Phi) is 6.18. The van der Waals surface area contributed by atoms with Crippen LogP contribution in [0.15, 0.2) is 41.0 Å². The fourth-order valence-electron chi connectivity index (χ4n) is 2.23. The first-order valence-electron chi connectivity index (χ1n) is 7.51. The maximum Gasteiger partial charge on any atom is 0.132 e. The first kappa shape index (κ1) is 16.0. The van der Waals surface area contributed by atoms with Crippen molar-refractivity contribution in [1.29, 1.82) is 0 Å². The van der Waals surface area contributed by atoms with Crippen molar-refractivity contribution in [1.82, 2.24) is 9.97 Å². The van der Waals surface area contributed by atoms with Gasteiger partial charge in [0.2, 0.25) is 0 Å². The third kappa shape index (κ3) is 5.46. The molecule has 0 aliphatic heterocycles. The van der Waals surface area contributed by atoms with Gasteiger partial charge in [-0.2, -0.15) is 0 Å². The van der Waals surface area contributed by atoms with E-state index in [1.165, 1.54) is 5.56 Å². The molecule has 2 rings (SSSR count). The molecule has 0 radical (unpaired) electrons. The van der Waals surface area contributed by atoms with Gasteiger partial charge in [-0.05, 0) is 47.7 Å². The van der Waals surface area contributed by atoms with E-state index in [0.717, 1.165) is 41.9 Å². The van der Waals surface area contributed by atoms with Gasteiger partial charge in [0.15, 0.2) is 0 Å². The highest BCUT2D eigenvalue weighted by atomic mass is 79.9. The zero-order valence-corrected chi connectivity index (χ0v) is 14.2. The average Bonchev–Trinajstić information content (AvgIpc) is 2.46.